The lowest BCUT2D eigenvalue weighted by Gasteiger charge is -2.17. The van der Waals surface area contributed by atoms with Gasteiger partial charge in [0, 0.05) is 19.2 Å². The zero-order valence-corrected chi connectivity index (χ0v) is 11.7. The number of carbonyl (C=O) groups is 1. The van der Waals surface area contributed by atoms with Crippen LogP contribution in [0, 0.1) is 5.92 Å². The summed E-state index contributed by atoms with van der Waals surface area (Å²) in [4.78, 5) is 23.3. The van der Waals surface area contributed by atoms with Gasteiger partial charge in [0.25, 0.3) is 11.5 Å². The van der Waals surface area contributed by atoms with E-state index in [0.717, 1.165) is 25.7 Å². The van der Waals surface area contributed by atoms with Gasteiger partial charge in [0.15, 0.2) is 0 Å². The Morgan fingerprint density at radius 1 is 1.50 bits per heavy atom. The number of aryl methyl sites for hydroxylation is 1. The molecule has 1 amide bonds. The minimum atomic E-state index is -0.501. The average molecular weight is 279 g/mol. The Bertz CT molecular complexity index is 521. The largest absolute Gasteiger partial charge is 0.391 e. The molecule has 0 aliphatic heterocycles. The summed E-state index contributed by atoms with van der Waals surface area (Å²) in [5.74, 6) is -0.0721. The van der Waals surface area contributed by atoms with Crippen molar-refractivity contribution < 1.29 is 9.90 Å². The number of amides is 1. The molecular weight excluding hydrogens is 258 g/mol. The molecular formula is C14H21N3O3. The van der Waals surface area contributed by atoms with E-state index in [1.807, 2.05) is 0 Å². The Kier molecular flexibility index (Phi) is 4.89. The second kappa shape index (κ2) is 6.65. The standard InChI is InChI=1S/C14H21N3O3/c1-2-17-13(19)8-7-11(16-17)14(20)15-9-12(18)10-5-3-4-6-10/h7-8,10,12,18H,2-6,9H2,1H3,(H,15,20). The molecule has 1 aromatic heterocycles. The van der Waals surface area contributed by atoms with E-state index in [4.69, 9.17) is 0 Å². The lowest BCUT2D eigenvalue weighted by atomic mass is 10.0. The summed E-state index contributed by atoms with van der Waals surface area (Å²) >= 11 is 0. The van der Waals surface area contributed by atoms with E-state index < -0.39 is 6.10 Å². The highest BCUT2D eigenvalue weighted by Gasteiger charge is 2.23. The van der Waals surface area contributed by atoms with Gasteiger partial charge in [-0.1, -0.05) is 12.8 Å². The van der Waals surface area contributed by atoms with E-state index in [1.165, 1.54) is 16.8 Å². The Hall–Kier alpha value is -1.69. The molecule has 0 bridgehead atoms. The molecule has 1 fully saturated rings. The van der Waals surface area contributed by atoms with Crippen molar-refractivity contribution in [1.82, 2.24) is 15.1 Å². The Morgan fingerprint density at radius 2 is 2.20 bits per heavy atom. The zero-order chi connectivity index (χ0) is 14.5. The lowest BCUT2D eigenvalue weighted by Crippen LogP contribution is -2.37. The second-order valence-electron chi connectivity index (χ2n) is 5.19. The van der Waals surface area contributed by atoms with Crippen LogP contribution >= 0.6 is 0 Å². The third-order valence-corrected chi connectivity index (χ3v) is 3.81. The predicted octanol–water partition coefficient (Wildman–Crippen LogP) is 0.544. The van der Waals surface area contributed by atoms with Crippen LogP contribution in [0.3, 0.4) is 0 Å². The summed E-state index contributed by atoms with van der Waals surface area (Å²) in [6.07, 6.45) is 3.85. The molecule has 1 unspecified atom stereocenters. The molecule has 1 saturated carbocycles. The SMILES string of the molecule is CCn1nc(C(=O)NCC(O)C2CCCC2)ccc1=O. The molecule has 0 radical (unpaired) electrons. The van der Waals surface area contributed by atoms with Crippen LogP contribution in [-0.2, 0) is 6.54 Å². The molecule has 0 spiro atoms. The molecule has 1 aliphatic rings. The number of aliphatic hydroxyl groups excluding tert-OH is 1. The quantitative estimate of drug-likeness (QED) is 0.824. The highest BCUT2D eigenvalue weighted by atomic mass is 16.3. The average Bonchev–Trinajstić information content (AvgIpc) is 2.99. The third kappa shape index (κ3) is 3.45. The first kappa shape index (κ1) is 14.7. The van der Waals surface area contributed by atoms with E-state index in [0.29, 0.717) is 6.54 Å². The second-order valence-corrected chi connectivity index (χ2v) is 5.19. The van der Waals surface area contributed by atoms with Gasteiger partial charge in [-0.15, -0.1) is 0 Å². The molecule has 0 aromatic carbocycles. The zero-order valence-electron chi connectivity index (χ0n) is 11.7. The Labute approximate surface area is 117 Å². The third-order valence-electron chi connectivity index (χ3n) is 3.81. The van der Waals surface area contributed by atoms with Crippen molar-refractivity contribution in [3.05, 3.63) is 28.2 Å². The van der Waals surface area contributed by atoms with E-state index in [-0.39, 0.29) is 29.6 Å². The summed E-state index contributed by atoms with van der Waals surface area (Å²) in [7, 11) is 0. The number of carbonyl (C=O) groups excluding carboxylic acids is 1. The summed E-state index contributed by atoms with van der Waals surface area (Å²) in [5, 5.41) is 16.7. The highest BCUT2D eigenvalue weighted by Crippen LogP contribution is 2.27. The van der Waals surface area contributed by atoms with Gasteiger partial charge in [-0.3, -0.25) is 9.59 Å². The van der Waals surface area contributed by atoms with Crippen molar-refractivity contribution >= 4 is 5.91 Å². The number of nitrogens with one attached hydrogen (secondary N) is 1. The maximum atomic E-state index is 11.9. The number of hydrogen-bond acceptors (Lipinski definition) is 4. The van der Waals surface area contributed by atoms with Gasteiger partial charge < -0.3 is 10.4 Å². The van der Waals surface area contributed by atoms with Crippen molar-refractivity contribution in [2.24, 2.45) is 5.92 Å². The van der Waals surface area contributed by atoms with E-state index in [1.54, 1.807) is 6.92 Å². The maximum Gasteiger partial charge on any atom is 0.271 e. The van der Waals surface area contributed by atoms with Crippen molar-refractivity contribution in [3.63, 3.8) is 0 Å². The smallest absolute Gasteiger partial charge is 0.271 e. The molecule has 1 aliphatic carbocycles. The topological polar surface area (TPSA) is 84.2 Å². The van der Waals surface area contributed by atoms with Crippen LogP contribution in [-0.4, -0.2) is 33.4 Å². The Morgan fingerprint density at radius 3 is 2.85 bits per heavy atom. The fourth-order valence-electron chi connectivity index (χ4n) is 2.59. The number of nitrogens with zero attached hydrogens (tertiary/aromatic N) is 2. The fraction of sp³-hybridized carbons (Fsp3) is 0.643. The number of aliphatic hydroxyl groups is 1. The molecule has 1 heterocycles. The normalized spacial score (nSPS) is 17.1. The van der Waals surface area contributed by atoms with Crippen LogP contribution in [0.1, 0.15) is 43.1 Å². The van der Waals surface area contributed by atoms with Gasteiger partial charge in [0.1, 0.15) is 5.69 Å². The molecule has 1 atom stereocenters. The van der Waals surface area contributed by atoms with Gasteiger partial charge in [-0.2, -0.15) is 5.10 Å². The van der Waals surface area contributed by atoms with E-state index in [9.17, 15) is 14.7 Å². The summed E-state index contributed by atoms with van der Waals surface area (Å²) in [5.41, 5.74) is -0.0277. The molecule has 2 N–H and O–H groups in total. The van der Waals surface area contributed by atoms with Crippen molar-refractivity contribution in [3.8, 4) is 0 Å². The van der Waals surface area contributed by atoms with Crippen LogP contribution in [0.5, 0.6) is 0 Å². The van der Waals surface area contributed by atoms with E-state index >= 15 is 0 Å². The summed E-state index contributed by atoms with van der Waals surface area (Å²) < 4.78 is 1.24. The monoisotopic (exact) mass is 279 g/mol. The molecule has 2 rings (SSSR count). The first-order chi connectivity index (χ1) is 9.61. The van der Waals surface area contributed by atoms with E-state index in [2.05, 4.69) is 10.4 Å². The fourth-order valence-corrected chi connectivity index (χ4v) is 2.59. The molecule has 6 nitrogen and oxygen atoms in total. The molecule has 110 valence electrons. The van der Waals surface area contributed by atoms with Gasteiger partial charge in [-0.05, 0) is 31.7 Å². The van der Waals surface area contributed by atoms with Crippen LogP contribution in [0.25, 0.3) is 0 Å². The number of aromatic nitrogens is 2. The summed E-state index contributed by atoms with van der Waals surface area (Å²) in [6.45, 7) is 2.45. The van der Waals surface area contributed by atoms with Crippen molar-refractivity contribution in [2.45, 2.75) is 45.3 Å². The molecule has 0 saturated heterocycles. The van der Waals surface area contributed by atoms with Gasteiger partial charge in [0.2, 0.25) is 0 Å². The molecule has 1 aromatic rings. The minimum absolute atomic E-state index is 0.199. The first-order valence-corrected chi connectivity index (χ1v) is 7.16. The number of hydrogen-bond donors (Lipinski definition) is 2. The van der Waals surface area contributed by atoms with Crippen molar-refractivity contribution in [1.29, 1.82) is 0 Å². The lowest BCUT2D eigenvalue weighted by molar-refractivity contribution is 0.0834. The van der Waals surface area contributed by atoms with Gasteiger partial charge in [-0.25, -0.2) is 4.68 Å². The van der Waals surface area contributed by atoms with Crippen LogP contribution in [0.15, 0.2) is 16.9 Å². The number of rotatable bonds is 5. The van der Waals surface area contributed by atoms with Crippen LogP contribution in [0.4, 0.5) is 0 Å². The van der Waals surface area contributed by atoms with Gasteiger partial charge in [0.05, 0.1) is 6.10 Å². The highest BCUT2D eigenvalue weighted by molar-refractivity contribution is 5.91. The van der Waals surface area contributed by atoms with Gasteiger partial charge >= 0.3 is 0 Å². The minimum Gasteiger partial charge on any atom is -0.391 e. The summed E-state index contributed by atoms with van der Waals surface area (Å²) in [6, 6.07) is 2.74. The molecule has 20 heavy (non-hydrogen) atoms. The predicted molar refractivity (Wildman–Crippen MR) is 74.5 cm³/mol. The first-order valence-electron chi connectivity index (χ1n) is 7.16. The maximum absolute atomic E-state index is 11.9. The molecule has 6 heteroatoms. The van der Waals surface area contributed by atoms with Crippen LogP contribution in [0.2, 0.25) is 0 Å². The Balaban J connectivity index is 1.92. The van der Waals surface area contributed by atoms with Crippen molar-refractivity contribution in [2.75, 3.05) is 6.54 Å². The van der Waals surface area contributed by atoms with Crippen LogP contribution < -0.4 is 10.9 Å².